The number of aryl methyl sites for hydroxylation is 1. The average Bonchev–Trinajstić information content (AvgIpc) is 3.41. The number of rotatable bonds is 5. The minimum absolute atomic E-state index is 0.0962. The van der Waals surface area contributed by atoms with Crippen LogP contribution in [0.5, 0.6) is 5.75 Å². The zero-order chi connectivity index (χ0) is 22.9. The molecule has 0 radical (unpaired) electrons. The van der Waals surface area contributed by atoms with Crippen molar-refractivity contribution in [3.05, 3.63) is 75.8 Å². The zero-order valence-corrected chi connectivity index (χ0v) is 20.2. The van der Waals surface area contributed by atoms with Gasteiger partial charge in [0.25, 0.3) is 5.91 Å². The first-order valence-corrected chi connectivity index (χ1v) is 12.1. The van der Waals surface area contributed by atoms with Crippen molar-refractivity contribution >= 4 is 44.7 Å². The van der Waals surface area contributed by atoms with Crippen LogP contribution in [-0.4, -0.2) is 53.9 Å². The molecule has 1 fully saturated rings. The Morgan fingerprint density at radius 2 is 1.85 bits per heavy atom. The minimum Gasteiger partial charge on any atom is -0.497 e. The van der Waals surface area contributed by atoms with Gasteiger partial charge in [0.05, 0.1) is 24.2 Å². The molecule has 0 N–H and O–H groups in total. The number of piperazine rings is 1. The van der Waals surface area contributed by atoms with Crippen LogP contribution in [0, 0.1) is 6.92 Å². The van der Waals surface area contributed by atoms with Crippen LogP contribution in [0.1, 0.15) is 20.9 Å². The molecule has 2 aromatic heterocycles. The molecule has 1 saturated heterocycles. The largest absolute Gasteiger partial charge is 0.497 e. The van der Waals surface area contributed by atoms with E-state index in [0.29, 0.717) is 19.6 Å². The molecule has 0 aliphatic carbocycles. The summed E-state index contributed by atoms with van der Waals surface area (Å²) in [7, 11) is 1.68. The summed E-state index contributed by atoms with van der Waals surface area (Å²) in [5, 5.41) is 6.46. The maximum absolute atomic E-state index is 13.3. The number of anilines is 1. The topological polar surface area (TPSA) is 50.6 Å². The second-order valence-electron chi connectivity index (χ2n) is 8.18. The van der Waals surface area contributed by atoms with E-state index in [4.69, 9.17) is 21.4 Å². The summed E-state index contributed by atoms with van der Waals surface area (Å²) < 4.78 is 7.33. The molecule has 0 atom stereocenters. The number of aromatic nitrogens is 2. The average molecular weight is 481 g/mol. The predicted octanol–water partition coefficient (Wildman–Crippen LogP) is 5.08. The van der Waals surface area contributed by atoms with Crippen molar-refractivity contribution in [3.8, 4) is 5.75 Å². The van der Waals surface area contributed by atoms with E-state index in [2.05, 4.69) is 11.0 Å². The molecule has 2 aromatic carbocycles. The molecule has 33 heavy (non-hydrogen) atoms. The van der Waals surface area contributed by atoms with Crippen molar-refractivity contribution in [2.24, 2.45) is 0 Å². The number of amides is 1. The van der Waals surface area contributed by atoms with Crippen molar-refractivity contribution in [2.45, 2.75) is 13.5 Å². The summed E-state index contributed by atoms with van der Waals surface area (Å²) in [6, 6.07) is 17.9. The highest BCUT2D eigenvalue weighted by atomic mass is 35.5. The summed E-state index contributed by atoms with van der Waals surface area (Å²) >= 11 is 7.54. The van der Waals surface area contributed by atoms with Crippen LogP contribution in [0.2, 0.25) is 5.02 Å². The Kier molecular flexibility index (Phi) is 6.00. The number of methoxy groups -OCH3 is 1. The van der Waals surface area contributed by atoms with E-state index in [9.17, 15) is 4.79 Å². The Morgan fingerprint density at radius 1 is 1.09 bits per heavy atom. The van der Waals surface area contributed by atoms with E-state index < -0.39 is 0 Å². The van der Waals surface area contributed by atoms with E-state index in [1.54, 1.807) is 7.11 Å². The first-order chi connectivity index (χ1) is 16.0. The molecule has 8 heteroatoms. The van der Waals surface area contributed by atoms with Crippen molar-refractivity contribution in [1.82, 2.24) is 14.7 Å². The van der Waals surface area contributed by atoms with E-state index in [0.717, 1.165) is 55.9 Å². The Bertz CT molecular complexity index is 1290. The van der Waals surface area contributed by atoms with Crippen LogP contribution in [0.3, 0.4) is 0 Å². The van der Waals surface area contributed by atoms with Gasteiger partial charge in [-0.2, -0.15) is 5.10 Å². The van der Waals surface area contributed by atoms with E-state index in [1.165, 1.54) is 11.3 Å². The van der Waals surface area contributed by atoms with Gasteiger partial charge in [-0.1, -0.05) is 29.8 Å². The molecular formula is C25H25ClN4O2S. The van der Waals surface area contributed by atoms with Gasteiger partial charge in [-0.3, -0.25) is 9.48 Å². The summed E-state index contributed by atoms with van der Waals surface area (Å²) in [4.78, 5) is 19.3. The monoisotopic (exact) mass is 480 g/mol. The third-order valence-electron chi connectivity index (χ3n) is 6.05. The fraction of sp³-hybridized carbons (Fsp3) is 0.280. The van der Waals surface area contributed by atoms with Gasteiger partial charge in [-0.15, -0.1) is 11.3 Å². The third kappa shape index (κ3) is 4.43. The SMILES string of the molecule is COc1cccc(N2CCN(C(=O)c3cc4c(C)nn(Cc5ccc(Cl)cc5)c4s3)CC2)c1. The highest BCUT2D eigenvalue weighted by Crippen LogP contribution is 2.30. The molecule has 0 spiro atoms. The van der Waals surface area contributed by atoms with Gasteiger partial charge in [-0.25, -0.2) is 0 Å². The molecule has 1 amide bonds. The zero-order valence-electron chi connectivity index (χ0n) is 18.6. The summed E-state index contributed by atoms with van der Waals surface area (Å²) in [5.74, 6) is 0.943. The number of benzene rings is 2. The number of nitrogens with zero attached hydrogens (tertiary/aromatic N) is 4. The number of hydrogen-bond donors (Lipinski definition) is 0. The molecule has 0 bridgehead atoms. The molecule has 1 aliphatic heterocycles. The molecule has 1 aliphatic rings. The third-order valence-corrected chi connectivity index (χ3v) is 7.44. The summed E-state index contributed by atoms with van der Waals surface area (Å²) in [5.41, 5.74) is 3.19. The normalized spacial score (nSPS) is 14.2. The van der Waals surface area contributed by atoms with Crippen molar-refractivity contribution < 1.29 is 9.53 Å². The maximum atomic E-state index is 13.3. The summed E-state index contributed by atoms with van der Waals surface area (Å²) in [6.45, 7) is 5.63. The number of ether oxygens (including phenoxy) is 1. The Morgan fingerprint density at radius 3 is 2.58 bits per heavy atom. The number of carbonyl (C=O) groups is 1. The molecule has 5 rings (SSSR count). The van der Waals surface area contributed by atoms with Crippen molar-refractivity contribution in [1.29, 1.82) is 0 Å². The first kappa shape index (κ1) is 21.8. The van der Waals surface area contributed by atoms with Gasteiger partial charge in [0.1, 0.15) is 10.6 Å². The van der Waals surface area contributed by atoms with Crippen LogP contribution in [0.4, 0.5) is 5.69 Å². The number of hydrogen-bond acceptors (Lipinski definition) is 5. The van der Waals surface area contributed by atoms with E-state index in [-0.39, 0.29) is 5.91 Å². The fourth-order valence-electron chi connectivity index (χ4n) is 4.22. The van der Waals surface area contributed by atoms with E-state index >= 15 is 0 Å². The second-order valence-corrected chi connectivity index (χ2v) is 9.65. The molecule has 6 nitrogen and oxygen atoms in total. The number of halogens is 1. The van der Waals surface area contributed by atoms with Gasteiger partial charge in [0.2, 0.25) is 0 Å². The van der Waals surface area contributed by atoms with Crippen LogP contribution in [0.15, 0.2) is 54.6 Å². The fourth-order valence-corrected chi connectivity index (χ4v) is 5.47. The first-order valence-electron chi connectivity index (χ1n) is 10.9. The lowest BCUT2D eigenvalue weighted by Crippen LogP contribution is -2.48. The molecule has 3 heterocycles. The van der Waals surface area contributed by atoms with E-state index in [1.807, 2.05) is 65.0 Å². The smallest absolute Gasteiger partial charge is 0.264 e. The van der Waals surface area contributed by atoms with Gasteiger partial charge in [-0.05, 0) is 42.8 Å². The molecular weight excluding hydrogens is 456 g/mol. The Balaban J connectivity index is 1.30. The highest BCUT2D eigenvalue weighted by molar-refractivity contribution is 7.20. The summed E-state index contributed by atoms with van der Waals surface area (Å²) in [6.07, 6.45) is 0. The number of carbonyl (C=O) groups excluding carboxylic acids is 1. The quantitative estimate of drug-likeness (QED) is 0.399. The van der Waals surface area contributed by atoms with Gasteiger partial charge in [0.15, 0.2) is 0 Å². The van der Waals surface area contributed by atoms with Crippen LogP contribution in [-0.2, 0) is 6.54 Å². The Hall–Kier alpha value is -3.03. The van der Waals surface area contributed by atoms with Crippen molar-refractivity contribution in [2.75, 3.05) is 38.2 Å². The van der Waals surface area contributed by atoms with Crippen LogP contribution < -0.4 is 9.64 Å². The number of thiophene rings is 1. The molecule has 0 unspecified atom stereocenters. The minimum atomic E-state index is 0.0962. The Labute approximate surface area is 201 Å². The lowest BCUT2D eigenvalue weighted by Gasteiger charge is -2.36. The van der Waals surface area contributed by atoms with Crippen molar-refractivity contribution in [3.63, 3.8) is 0 Å². The second kappa shape index (κ2) is 9.08. The standard InChI is InChI=1S/C25H25ClN4O2S/c1-17-22-15-23(33-25(22)30(27-17)16-18-6-8-19(26)9-7-18)24(31)29-12-10-28(11-13-29)20-4-3-5-21(14-20)32-2/h3-9,14-15H,10-13,16H2,1-2H3. The van der Waals surface area contributed by atoms with Gasteiger partial charge >= 0.3 is 0 Å². The molecule has 4 aromatic rings. The lowest BCUT2D eigenvalue weighted by molar-refractivity contribution is 0.0751. The highest BCUT2D eigenvalue weighted by Gasteiger charge is 2.25. The number of fused-ring (bicyclic) bond motifs is 1. The maximum Gasteiger partial charge on any atom is 0.264 e. The van der Waals surface area contributed by atoms with Gasteiger partial charge < -0.3 is 14.5 Å². The lowest BCUT2D eigenvalue weighted by atomic mass is 10.2. The van der Waals surface area contributed by atoms with Gasteiger partial charge in [0, 0.05) is 48.3 Å². The van der Waals surface area contributed by atoms with Crippen LogP contribution in [0.25, 0.3) is 10.2 Å². The molecule has 170 valence electrons. The molecule has 0 saturated carbocycles. The predicted molar refractivity (Wildman–Crippen MR) is 134 cm³/mol. The van der Waals surface area contributed by atoms with Crippen LogP contribution >= 0.6 is 22.9 Å².